The van der Waals surface area contributed by atoms with Gasteiger partial charge in [0, 0.05) is 18.1 Å². The minimum absolute atomic E-state index is 0. The van der Waals surface area contributed by atoms with Crippen molar-refractivity contribution in [2.45, 2.75) is 11.3 Å². The molecule has 0 bridgehead atoms. The van der Waals surface area contributed by atoms with Gasteiger partial charge in [0.2, 0.25) is 0 Å². The number of thioether (sulfide) groups is 1. The van der Waals surface area contributed by atoms with Crippen molar-refractivity contribution in [2.75, 3.05) is 5.75 Å². The monoisotopic (exact) mass is 297 g/mol. The molecular weight excluding hydrogens is 285 g/mol. The van der Waals surface area contributed by atoms with Gasteiger partial charge in [-0.3, -0.25) is 9.98 Å². The third kappa shape index (κ3) is 3.73. The SMILES string of the molecule is Cl.Cl.NC1=NC(C(S)c2ccncc2)CS1. The zero-order valence-electron chi connectivity index (χ0n) is 8.31. The van der Waals surface area contributed by atoms with Crippen LogP contribution in [0.25, 0.3) is 0 Å². The summed E-state index contributed by atoms with van der Waals surface area (Å²) in [5.41, 5.74) is 6.75. The average molecular weight is 298 g/mol. The number of halogens is 2. The van der Waals surface area contributed by atoms with Gasteiger partial charge in [-0.1, -0.05) is 11.8 Å². The Morgan fingerprint density at radius 2 is 2.00 bits per heavy atom. The number of hydrogen-bond acceptors (Lipinski definition) is 5. The molecule has 0 amide bonds. The first-order chi connectivity index (χ1) is 6.77. The second-order valence-electron chi connectivity index (χ2n) is 3.07. The van der Waals surface area contributed by atoms with Crippen molar-refractivity contribution in [1.29, 1.82) is 0 Å². The van der Waals surface area contributed by atoms with Crippen LogP contribution in [0.4, 0.5) is 0 Å². The van der Waals surface area contributed by atoms with Crippen LogP contribution in [0.3, 0.4) is 0 Å². The summed E-state index contributed by atoms with van der Waals surface area (Å²) in [7, 11) is 0. The summed E-state index contributed by atoms with van der Waals surface area (Å²) < 4.78 is 0. The second kappa shape index (κ2) is 7.27. The van der Waals surface area contributed by atoms with E-state index in [2.05, 4.69) is 22.6 Å². The van der Waals surface area contributed by atoms with Gasteiger partial charge in [0.05, 0.1) is 11.3 Å². The molecule has 1 aliphatic heterocycles. The third-order valence-electron chi connectivity index (χ3n) is 2.11. The lowest BCUT2D eigenvalue weighted by Crippen LogP contribution is -2.12. The first-order valence-corrected chi connectivity index (χ1v) is 5.81. The van der Waals surface area contributed by atoms with Gasteiger partial charge in [-0.05, 0) is 17.7 Å². The molecule has 2 rings (SSSR count). The number of aliphatic imine (C=N–C) groups is 1. The topological polar surface area (TPSA) is 51.3 Å². The number of hydrogen-bond donors (Lipinski definition) is 2. The van der Waals surface area contributed by atoms with Crippen LogP contribution in [0.1, 0.15) is 10.8 Å². The summed E-state index contributed by atoms with van der Waals surface area (Å²) in [4.78, 5) is 8.30. The van der Waals surface area contributed by atoms with Crippen molar-refractivity contribution >= 4 is 54.4 Å². The average Bonchev–Trinajstić information content (AvgIpc) is 2.65. The minimum Gasteiger partial charge on any atom is -0.379 e. The van der Waals surface area contributed by atoms with E-state index in [0.29, 0.717) is 5.17 Å². The Bertz CT molecular complexity index is 348. The fourth-order valence-electron chi connectivity index (χ4n) is 1.35. The van der Waals surface area contributed by atoms with Gasteiger partial charge in [0.15, 0.2) is 5.17 Å². The summed E-state index contributed by atoms with van der Waals surface area (Å²) >= 11 is 6.14. The van der Waals surface area contributed by atoms with E-state index in [4.69, 9.17) is 5.73 Å². The zero-order chi connectivity index (χ0) is 9.97. The Morgan fingerprint density at radius 3 is 2.50 bits per heavy atom. The molecule has 90 valence electrons. The third-order valence-corrected chi connectivity index (χ3v) is 3.66. The van der Waals surface area contributed by atoms with Gasteiger partial charge in [-0.15, -0.1) is 24.8 Å². The van der Waals surface area contributed by atoms with Crippen molar-refractivity contribution in [3.63, 3.8) is 0 Å². The molecular formula is C9H13Cl2N3S2. The number of nitrogens with zero attached hydrogens (tertiary/aromatic N) is 2. The van der Waals surface area contributed by atoms with Crippen LogP contribution in [0.2, 0.25) is 0 Å². The first-order valence-electron chi connectivity index (χ1n) is 4.31. The number of nitrogens with two attached hydrogens (primary N) is 1. The maximum absolute atomic E-state index is 5.61. The lowest BCUT2D eigenvalue weighted by Gasteiger charge is -2.14. The molecule has 0 spiro atoms. The predicted molar refractivity (Wildman–Crippen MR) is 78.3 cm³/mol. The molecule has 2 unspecified atom stereocenters. The highest BCUT2D eigenvalue weighted by molar-refractivity contribution is 8.14. The molecule has 0 aliphatic carbocycles. The summed E-state index contributed by atoms with van der Waals surface area (Å²) in [6.45, 7) is 0. The standard InChI is InChI=1S/C9H11N3S2.2ClH/c10-9-12-7(5-14-9)8(13)6-1-3-11-4-2-6;;/h1-4,7-8,13H,5H2,(H2,10,12);2*1H. The van der Waals surface area contributed by atoms with Crippen molar-refractivity contribution in [3.05, 3.63) is 30.1 Å². The lowest BCUT2D eigenvalue weighted by atomic mass is 10.1. The molecule has 0 aromatic carbocycles. The molecule has 1 aromatic rings. The highest BCUT2D eigenvalue weighted by atomic mass is 35.5. The number of amidine groups is 1. The molecule has 7 heteroatoms. The molecule has 3 nitrogen and oxygen atoms in total. The molecule has 1 aliphatic rings. The largest absolute Gasteiger partial charge is 0.379 e. The molecule has 2 atom stereocenters. The van der Waals surface area contributed by atoms with Gasteiger partial charge in [0.25, 0.3) is 0 Å². The summed E-state index contributed by atoms with van der Waals surface area (Å²) in [5.74, 6) is 0.919. The Morgan fingerprint density at radius 1 is 1.38 bits per heavy atom. The Labute approximate surface area is 117 Å². The maximum atomic E-state index is 5.61. The van der Waals surface area contributed by atoms with Gasteiger partial charge in [-0.25, -0.2) is 0 Å². The zero-order valence-corrected chi connectivity index (χ0v) is 11.7. The van der Waals surface area contributed by atoms with Gasteiger partial charge in [0.1, 0.15) is 0 Å². The quantitative estimate of drug-likeness (QED) is 0.824. The van der Waals surface area contributed by atoms with Gasteiger partial charge >= 0.3 is 0 Å². The first kappa shape index (κ1) is 15.9. The van der Waals surface area contributed by atoms with Crippen LogP contribution in [0.5, 0.6) is 0 Å². The smallest absolute Gasteiger partial charge is 0.154 e. The van der Waals surface area contributed by atoms with Crippen LogP contribution in [-0.2, 0) is 0 Å². The van der Waals surface area contributed by atoms with Gasteiger partial charge in [-0.2, -0.15) is 12.6 Å². The predicted octanol–water partition coefficient (Wildman–Crippen LogP) is 2.33. The van der Waals surface area contributed by atoms with E-state index in [0.717, 1.165) is 11.3 Å². The molecule has 0 saturated heterocycles. The summed E-state index contributed by atoms with van der Waals surface area (Å²) in [6, 6.07) is 4.12. The van der Waals surface area contributed by atoms with E-state index in [-0.39, 0.29) is 36.1 Å². The lowest BCUT2D eigenvalue weighted by molar-refractivity contribution is 0.747. The van der Waals surface area contributed by atoms with E-state index in [1.54, 1.807) is 24.2 Å². The minimum atomic E-state index is 0. The van der Waals surface area contributed by atoms with E-state index >= 15 is 0 Å². The van der Waals surface area contributed by atoms with Crippen LogP contribution in [0.15, 0.2) is 29.5 Å². The van der Waals surface area contributed by atoms with Crippen molar-refractivity contribution < 1.29 is 0 Å². The molecule has 0 radical (unpaired) electrons. The highest BCUT2D eigenvalue weighted by Crippen LogP contribution is 2.31. The maximum Gasteiger partial charge on any atom is 0.154 e. The Hall–Kier alpha value is -0.100. The van der Waals surface area contributed by atoms with Crippen molar-refractivity contribution in [2.24, 2.45) is 10.7 Å². The number of pyridine rings is 1. The van der Waals surface area contributed by atoms with E-state index in [9.17, 15) is 0 Å². The second-order valence-corrected chi connectivity index (χ2v) is 4.67. The van der Waals surface area contributed by atoms with E-state index in [1.807, 2.05) is 12.1 Å². The van der Waals surface area contributed by atoms with Gasteiger partial charge < -0.3 is 5.73 Å². The van der Waals surface area contributed by atoms with Crippen molar-refractivity contribution in [1.82, 2.24) is 4.98 Å². The normalized spacial score (nSPS) is 20.3. The summed E-state index contributed by atoms with van der Waals surface area (Å²) in [5, 5.41) is 0.787. The Balaban J connectivity index is 0.00000112. The Kier molecular flexibility index (Phi) is 7.22. The fraction of sp³-hybridized carbons (Fsp3) is 0.333. The molecule has 1 aromatic heterocycles. The molecule has 16 heavy (non-hydrogen) atoms. The van der Waals surface area contributed by atoms with Crippen LogP contribution >= 0.6 is 49.2 Å². The number of aromatic nitrogens is 1. The number of thiol groups is 1. The van der Waals surface area contributed by atoms with Crippen LogP contribution < -0.4 is 5.73 Å². The van der Waals surface area contributed by atoms with Crippen molar-refractivity contribution in [3.8, 4) is 0 Å². The molecule has 2 N–H and O–H groups in total. The van der Waals surface area contributed by atoms with Crippen LogP contribution in [-0.4, -0.2) is 21.9 Å². The molecule has 2 heterocycles. The number of rotatable bonds is 2. The highest BCUT2D eigenvalue weighted by Gasteiger charge is 2.24. The molecule has 0 saturated carbocycles. The molecule has 0 fully saturated rings. The van der Waals surface area contributed by atoms with E-state index in [1.165, 1.54) is 0 Å². The van der Waals surface area contributed by atoms with Crippen LogP contribution in [0, 0.1) is 0 Å². The fourth-order valence-corrected chi connectivity index (χ4v) is 2.66. The summed E-state index contributed by atoms with van der Waals surface area (Å²) in [6.07, 6.45) is 3.54. The van der Waals surface area contributed by atoms with E-state index < -0.39 is 0 Å².